The van der Waals surface area contributed by atoms with Crippen LogP contribution in [-0.4, -0.2) is 47.1 Å². The molecule has 2 atom stereocenters. The monoisotopic (exact) mass is 458 g/mol. The number of nitrogens with zero attached hydrogens (tertiary/aromatic N) is 2. The number of thiol groups is 1. The number of methoxy groups -OCH3 is 1. The van der Waals surface area contributed by atoms with E-state index in [9.17, 15) is 14.4 Å². The molecule has 2 aliphatic heterocycles. The fourth-order valence-electron chi connectivity index (χ4n) is 4.87. The van der Waals surface area contributed by atoms with Gasteiger partial charge in [0.2, 0.25) is 0 Å². The van der Waals surface area contributed by atoms with Crippen molar-refractivity contribution in [2.24, 2.45) is 0 Å². The highest BCUT2D eigenvalue weighted by molar-refractivity contribution is 7.80. The van der Waals surface area contributed by atoms with Gasteiger partial charge >= 0.3 is 0 Å². The van der Waals surface area contributed by atoms with E-state index in [1.807, 2.05) is 30.3 Å². The Bertz CT molecular complexity index is 1210. The third-order valence-electron chi connectivity index (χ3n) is 6.45. The Balaban J connectivity index is 1.60. The molecule has 0 aliphatic carbocycles. The summed E-state index contributed by atoms with van der Waals surface area (Å²) in [7, 11) is 1.58. The molecule has 0 aromatic heterocycles. The van der Waals surface area contributed by atoms with Gasteiger partial charge < -0.3 is 9.64 Å². The van der Waals surface area contributed by atoms with Crippen LogP contribution in [0.1, 0.15) is 26.3 Å². The number of rotatable bonds is 6. The molecule has 2 aliphatic rings. The molecule has 33 heavy (non-hydrogen) atoms. The molecular formula is C26H22N2O4S. The minimum atomic E-state index is -0.954. The van der Waals surface area contributed by atoms with E-state index in [1.165, 1.54) is 0 Å². The number of carbonyl (C=O) groups excluding carboxylic acids is 3. The van der Waals surface area contributed by atoms with Gasteiger partial charge in [0.25, 0.3) is 17.7 Å². The first kappa shape index (κ1) is 21.3. The highest BCUT2D eigenvalue weighted by Crippen LogP contribution is 2.45. The van der Waals surface area contributed by atoms with Crippen molar-refractivity contribution < 1.29 is 19.1 Å². The van der Waals surface area contributed by atoms with Crippen molar-refractivity contribution in [2.45, 2.75) is 18.0 Å². The molecule has 2 unspecified atom stereocenters. The van der Waals surface area contributed by atoms with E-state index < -0.39 is 23.4 Å². The van der Waals surface area contributed by atoms with Crippen LogP contribution in [0, 0.1) is 0 Å². The number of ether oxygens (including phenoxy) is 1. The summed E-state index contributed by atoms with van der Waals surface area (Å²) in [5, 5.41) is 0. The Hall–Kier alpha value is -3.58. The maximum atomic E-state index is 13.6. The molecule has 1 fully saturated rings. The number of hydrogen-bond donors (Lipinski definition) is 1. The molecule has 0 radical (unpaired) electrons. The summed E-state index contributed by atoms with van der Waals surface area (Å²) in [5.41, 5.74) is 1.40. The summed E-state index contributed by atoms with van der Waals surface area (Å²) in [4.78, 5) is 42.9. The number of fused-ring (bicyclic) bond motifs is 1. The van der Waals surface area contributed by atoms with Gasteiger partial charge in [-0.25, -0.2) is 0 Å². The fraction of sp³-hybridized carbons (Fsp3) is 0.192. The van der Waals surface area contributed by atoms with Gasteiger partial charge in [-0.1, -0.05) is 42.5 Å². The number of amides is 3. The number of benzene rings is 3. The first-order valence-corrected chi connectivity index (χ1v) is 11.2. The molecule has 166 valence electrons. The van der Waals surface area contributed by atoms with E-state index in [-0.39, 0.29) is 11.7 Å². The molecule has 0 saturated carbocycles. The van der Waals surface area contributed by atoms with Crippen LogP contribution in [0.3, 0.4) is 0 Å². The molecule has 6 nitrogen and oxygen atoms in total. The lowest BCUT2D eigenvalue weighted by molar-refractivity contribution is -0.134. The van der Waals surface area contributed by atoms with Gasteiger partial charge in [0.05, 0.1) is 23.8 Å². The molecule has 5 rings (SSSR count). The van der Waals surface area contributed by atoms with E-state index in [2.05, 4.69) is 12.6 Å². The van der Waals surface area contributed by atoms with E-state index in [0.717, 1.165) is 10.5 Å². The highest BCUT2D eigenvalue weighted by atomic mass is 32.1. The van der Waals surface area contributed by atoms with E-state index >= 15 is 0 Å². The van der Waals surface area contributed by atoms with E-state index in [0.29, 0.717) is 29.0 Å². The summed E-state index contributed by atoms with van der Waals surface area (Å²) in [6.45, 7) is 0. The number of β-lactam (4-membered cyclic amide) rings is 1. The van der Waals surface area contributed by atoms with Crippen LogP contribution in [0.4, 0.5) is 5.69 Å². The summed E-state index contributed by atoms with van der Waals surface area (Å²) in [6.07, 6.45) is 0.438. The Morgan fingerprint density at radius 3 is 1.97 bits per heavy atom. The van der Waals surface area contributed by atoms with Crippen molar-refractivity contribution in [2.75, 3.05) is 17.8 Å². The first-order valence-electron chi connectivity index (χ1n) is 10.6. The van der Waals surface area contributed by atoms with Crippen molar-refractivity contribution in [3.63, 3.8) is 0 Å². The van der Waals surface area contributed by atoms with Gasteiger partial charge in [0.15, 0.2) is 0 Å². The van der Waals surface area contributed by atoms with Crippen LogP contribution >= 0.6 is 12.6 Å². The molecule has 0 spiro atoms. The number of carbonyl (C=O) groups is 3. The molecule has 0 bridgehead atoms. The van der Waals surface area contributed by atoms with Crippen molar-refractivity contribution in [3.05, 3.63) is 95.6 Å². The third kappa shape index (κ3) is 3.15. The Kier molecular flexibility index (Phi) is 5.21. The lowest BCUT2D eigenvalue weighted by Gasteiger charge is -2.59. The van der Waals surface area contributed by atoms with Gasteiger partial charge in [-0.15, -0.1) is 0 Å². The average molecular weight is 459 g/mol. The summed E-state index contributed by atoms with van der Waals surface area (Å²) < 4.78 is 5.25. The second-order valence-corrected chi connectivity index (χ2v) is 8.54. The zero-order chi connectivity index (χ0) is 23.2. The normalized spacial score (nSPS) is 21.8. The SMILES string of the molecule is COc1ccc(N2C(=O)C(N3C(=O)c4ccccc4C3=O)C2(CS)Cc2ccccc2)cc1. The van der Waals surface area contributed by atoms with Crippen molar-refractivity contribution in [1.29, 1.82) is 0 Å². The fourth-order valence-corrected chi connectivity index (χ4v) is 5.30. The smallest absolute Gasteiger partial charge is 0.262 e. The molecule has 7 heteroatoms. The number of hydrogen-bond acceptors (Lipinski definition) is 5. The van der Waals surface area contributed by atoms with Gasteiger partial charge in [-0.05, 0) is 48.4 Å². The largest absolute Gasteiger partial charge is 0.497 e. The Labute approximate surface area is 197 Å². The molecule has 3 aromatic carbocycles. The van der Waals surface area contributed by atoms with Crippen molar-refractivity contribution >= 4 is 36.0 Å². The average Bonchev–Trinajstić information content (AvgIpc) is 3.10. The van der Waals surface area contributed by atoms with Gasteiger partial charge in [-0.2, -0.15) is 12.6 Å². The number of imide groups is 1. The lowest BCUT2D eigenvalue weighted by atomic mass is 9.74. The molecule has 0 N–H and O–H groups in total. The minimum absolute atomic E-state index is 0.262. The Morgan fingerprint density at radius 2 is 1.42 bits per heavy atom. The molecule has 3 amide bonds. The van der Waals surface area contributed by atoms with Crippen LogP contribution < -0.4 is 9.64 Å². The zero-order valence-electron chi connectivity index (χ0n) is 18.0. The van der Waals surface area contributed by atoms with Crippen molar-refractivity contribution in [3.8, 4) is 5.75 Å². The van der Waals surface area contributed by atoms with E-state index in [4.69, 9.17) is 4.74 Å². The summed E-state index contributed by atoms with van der Waals surface area (Å²) in [5.74, 6) is -0.259. The van der Waals surface area contributed by atoms with Gasteiger partial charge in [0, 0.05) is 11.4 Å². The Morgan fingerprint density at radius 1 is 0.848 bits per heavy atom. The molecule has 2 heterocycles. The van der Waals surface area contributed by atoms with Crippen LogP contribution in [0.25, 0.3) is 0 Å². The summed E-state index contributed by atoms with van der Waals surface area (Å²) >= 11 is 4.66. The summed E-state index contributed by atoms with van der Waals surface area (Å²) in [6, 6.07) is 22.6. The minimum Gasteiger partial charge on any atom is -0.497 e. The van der Waals surface area contributed by atoms with Crippen molar-refractivity contribution in [1.82, 2.24) is 4.90 Å². The standard InChI is InChI=1S/C26H22N2O4S/c1-32-19-13-11-18(12-14-19)28-25(31)22(26(28,16-33)15-17-7-3-2-4-8-17)27-23(29)20-9-5-6-10-21(20)24(27)30/h2-14,22,33H,15-16H2,1H3. The lowest BCUT2D eigenvalue weighted by Crippen LogP contribution is -2.82. The number of anilines is 1. The highest BCUT2D eigenvalue weighted by Gasteiger charge is 2.65. The second kappa shape index (κ2) is 8.08. The quantitative estimate of drug-likeness (QED) is 0.348. The maximum absolute atomic E-state index is 13.6. The second-order valence-electron chi connectivity index (χ2n) is 8.22. The third-order valence-corrected chi connectivity index (χ3v) is 7.00. The molecular weight excluding hydrogens is 436 g/mol. The predicted octanol–water partition coefficient (Wildman–Crippen LogP) is 3.62. The predicted molar refractivity (Wildman–Crippen MR) is 128 cm³/mol. The van der Waals surface area contributed by atoms with Crippen LogP contribution in [0.5, 0.6) is 5.75 Å². The van der Waals surface area contributed by atoms with Crippen LogP contribution in [0.2, 0.25) is 0 Å². The molecule has 3 aromatic rings. The van der Waals surface area contributed by atoms with Gasteiger partial charge in [-0.3, -0.25) is 19.3 Å². The topological polar surface area (TPSA) is 66.9 Å². The zero-order valence-corrected chi connectivity index (χ0v) is 18.9. The van der Waals surface area contributed by atoms with Crippen LogP contribution in [-0.2, 0) is 11.2 Å². The van der Waals surface area contributed by atoms with Crippen LogP contribution in [0.15, 0.2) is 78.9 Å². The maximum Gasteiger partial charge on any atom is 0.262 e. The van der Waals surface area contributed by atoms with Gasteiger partial charge in [0.1, 0.15) is 11.8 Å². The molecule has 1 saturated heterocycles. The van der Waals surface area contributed by atoms with E-state index in [1.54, 1.807) is 60.5 Å². The first-order chi connectivity index (χ1) is 16.0.